The maximum atomic E-state index is 4.33. The lowest BCUT2D eigenvalue weighted by atomic mass is 10.1. The van der Waals surface area contributed by atoms with Gasteiger partial charge in [-0.1, -0.05) is 12.1 Å². The molecule has 0 bridgehead atoms. The summed E-state index contributed by atoms with van der Waals surface area (Å²) in [6.07, 6.45) is 4.33. The fourth-order valence-electron chi connectivity index (χ4n) is 3.29. The van der Waals surface area contributed by atoms with Crippen molar-refractivity contribution < 1.29 is 0 Å². The van der Waals surface area contributed by atoms with Gasteiger partial charge in [-0.2, -0.15) is 0 Å². The van der Waals surface area contributed by atoms with E-state index in [1.165, 1.54) is 24.1 Å². The van der Waals surface area contributed by atoms with Crippen molar-refractivity contribution in [1.82, 2.24) is 25.4 Å². The van der Waals surface area contributed by atoms with Crippen molar-refractivity contribution >= 4 is 35.6 Å². The van der Waals surface area contributed by atoms with E-state index >= 15 is 0 Å². The zero-order chi connectivity index (χ0) is 18.4. The van der Waals surface area contributed by atoms with E-state index in [4.69, 9.17) is 0 Å². The Morgan fingerprint density at radius 1 is 1.30 bits per heavy atom. The highest BCUT2D eigenvalue weighted by atomic mass is 127. The van der Waals surface area contributed by atoms with Gasteiger partial charge in [0.15, 0.2) is 11.8 Å². The van der Waals surface area contributed by atoms with Crippen LogP contribution in [0.2, 0.25) is 0 Å². The van der Waals surface area contributed by atoms with Gasteiger partial charge in [-0.15, -0.1) is 34.2 Å². The Morgan fingerprint density at radius 3 is 2.78 bits per heavy atom. The standard InChI is InChI=1S/C19H29N7.HI/c1-4-25-14-22-24-18(25)13-21-19(20-3)23-15(2)16-8-7-9-17(12-16)26-10-5-6-11-26;/h7-9,12,14-15H,4-6,10-11,13H2,1-3H3,(H2,20,21,23);1H. The van der Waals surface area contributed by atoms with Gasteiger partial charge < -0.3 is 20.1 Å². The predicted molar refractivity (Wildman–Crippen MR) is 121 cm³/mol. The van der Waals surface area contributed by atoms with Crippen LogP contribution in [0.1, 0.15) is 44.1 Å². The number of aromatic nitrogens is 3. The van der Waals surface area contributed by atoms with Gasteiger partial charge in [0.2, 0.25) is 0 Å². The molecule has 2 N–H and O–H groups in total. The molecule has 0 aliphatic carbocycles. The average Bonchev–Trinajstić information content (AvgIpc) is 3.36. The summed E-state index contributed by atoms with van der Waals surface area (Å²) in [6, 6.07) is 8.95. The number of guanidine groups is 1. The van der Waals surface area contributed by atoms with E-state index in [1.54, 1.807) is 13.4 Å². The molecule has 1 aromatic carbocycles. The summed E-state index contributed by atoms with van der Waals surface area (Å²) in [5.74, 6) is 1.66. The van der Waals surface area contributed by atoms with Gasteiger partial charge in [0, 0.05) is 32.4 Å². The maximum Gasteiger partial charge on any atom is 0.191 e. The van der Waals surface area contributed by atoms with Crippen LogP contribution in [-0.2, 0) is 13.1 Å². The lowest BCUT2D eigenvalue weighted by Gasteiger charge is -2.22. The molecular weight excluding hydrogens is 453 g/mol. The highest BCUT2D eigenvalue weighted by molar-refractivity contribution is 14.0. The Balaban J connectivity index is 0.00000261. The largest absolute Gasteiger partial charge is 0.372 e. The summed E-state index contributed by atoms with van der Waals surface area (Å²) in [7, 11) is 1.78. The van der Waals surface area contributed by atoms with E-state index in [0.29, 0.717) is 6.54 Å². The Morgan fingerprint density at radius 2 is 2.07 bits per heavy atom. The second kappa shape index (κ2) is 10.5. The van der Waals surface area contributed by atoms with Gasteiger partial charge in [-0.05, 0) is 44.4 Å². The van der Waals surface area contributed by atoms with Crippen LogP contribution in [-0.4, -0.2) is 40.9 Å². The normalized spacial score (nSPS) is 15.4. The van der Waals surface area contributed by atoms with E-state index < -0.39 is 0 Å². The Bertz CT molecular complexity index is 737. The minimum Gasteiger partial charge on any atom is -0.372 e. The molecule has 0 radical (unpaired) electrons. The van der Waals surface area contributed by atoms with Gasteiger partial charge in [-0.25, -0.2) is 0 Å². The van der Waals surface area contributed by atoms with Crippen LogP contribution in [0.3, 0.4) is 0 Å². The lowest BCUT2D eigenvalue weighted by molar-refractivity contribution is 0.649. The first-order valence-electron chi connectivity index (χ1n) is 9.40. The van der Waals surface area contributed by atoms with Gasteiger partial charge in [0.1, 0.15) is 6.33 Å². The Labute approximate surface area is 178 Å². The summed E-state index contributed by atoms with van der Waals surface area (Å²) in [5, 5.41) is 14.9. The molecule has 148 valence electrons. The van der Waals surface area contributed by atoms with E-state index in [2.05, 4.69) is 68.8 Å². The number of nitrogens with one attached hydrogen (secondary N) is 2. The monoisotopic (exact) mass is 483 g/mol. The Kier molecular flexibility index (Phi) is 8.33. The molecular formula is C19H30IN7. The predicted octanol–water partition coefficient (Wildman–Crippen LogP) is 2.94. The maximum absolute atomic E-state index is 4.33. The van der Waals surface area contributed by atoms with Crippen molar-refractivity contribution in [2.45, 2.75) is 45.8 Å². The van der Waals surface area contributed by atoms with Crippen LogP contribution in [0.5, 0.6) is 0 Å². The molecule has 1 saturated heterocycles. The number of aryl methyl sites for hydroxylation is 1. The number of halogens is 1. The van der Waals surface area contributed by atoms with Crippen molar-refractivity contribution in [1.29, 1.82) is 0 Å². The van der Waals surface area contributed by atoms with Crippen LogP contribution in [0.4, 0.5) is 5.69 Å². The van der Waals surface area contributed by atoms with Crippen molar-refractivity contribution in [3.05, 3.63) is 42.0 Å². The number of nitrogens with zero attached hydrogens (tertiary/aromatic N) is 5. The third-order valence-corrected chi connectivity index (χ3v) is 4.87. The van der Waals surface area contributed by atoms with Gasteiger partial charge in [0.25, 0.3) is 0 Å². The second-order valence-corrected chi connectivity index (χ2v) is 6.61. The third kappa shape index (κ3) is 5.57. The van der Waals surface area contributed by atoms with Gasteiger partial charge >= 0.3 is 0 Å². The number of hydrogen-bond acceptors (Lipinski definition) is 4. The molecule has 1 atom stereocenters. The fraction of sp³-hybridized carbons (Fsp3) is 0.526. The molecule has 0 saturated carbocycles. The molecule has 0 spiro atoms. The smallest absolute Gasteiger partial charge is 0.191 e. The molecule has 8 heteroatoms. The summed E-state index contributed by atoms with van der Waals surface area (Å²) < 4.78 is 2.02. The van der Waals surface area contributed by atoms with Crippen LogP contribution >= 0.6 is 24.0 Å². The Hall–Kier alpha value is -1.84. The van der Waals surface area contributed by atoms with E-state index in [-0.39, 0.29) is 30.0 Å². The summed E-state index contributed by atoms with van der Waals surface area (Å²) in [4.78, 5) is 6.79. The van der Waals surface area contributed by atoms with Gasteiger partial charge in [0.05, 0.1) is 12.6 Å². The quantitative estimate of drug-likeness (QED) is 0.376. The van der Waals surface area contributed by atoms with E-state index in [9.17, 15) is 0 Å². The zero-order valence-corrected chi connectivity index (χ0v) is 18.7. The number of benzene rings is 1. The lowest BCUT2D eigenvalue weighted by Crippen LogP contribution is -2.38. The van der Waals surface area contributed by atoms with Crippen molar-refractivity contribution in [2.75, 3.05) is 25.0 Å². The molecule has 7 nitrogen and oxygen atoms in total. The summed E-state index contributed by atoms with van der Waals surface area (Å²) in [5.41, 5.74) is 2.57. The molecule has 3 rings (SSSR count). The third-order valence-electron chi connectivity index (χ3n) is 4.87. The van der Waals surface area contributed by atoms with Crippen molar-refractivity contribution in [3.63, 3.8) is 0 Å². The molecule has 1 unspecified atom stereocenters. The molecule has 2 aromatic rings. The summed E-state index contributed by atoms with van der Waals surface area (Å²) >= 11 is 0. The summed E-state index contributed by atoms with van der Waals surface area (Å²) in [6.45, 7) is 8.00. The molecule has 1 aliphatic heterocycles. The molecule has 27 heavy (non-hydrogen) atoms. The van der Waals surface area contributed by atoms with Crippen LogP contribution in [0.25, 0.3) is 0 Å². The number of aliphatic imine (C=N–C) groups is 1. The van der Waals surface area contributed by atoms with E-state index in [0.717, 1.165) is 31.4 Å². The molecule has 0 amide bonds. The number of anilines is 1. The molecule has 2 heterocycles. The molecule has 1 fully saturated rings. The molecule has 1 aliphatic rings. The zero-order valence-electron chi connectivity index (χ0n) is 16.4. The van der Waals surface area contributed by atoms with E-state index in [1.807, 2.05) is 4.57 Å². The highest BCUT2D eigenvalue weighted by Crippen LogP contribution is 2.23. The SMILES string of the molecule is CCn1cnnc1CNC(=NC)NC(C)c1cccc(N2CCCC2)c1.I. The second-order valence-electron chi connectivity index (χ2n) is 6.61. The minimum absolute atomic E-state index is 0. The van der Waals surface area contributed by atoms with Crippen LogP contribution in [0, 0.1) is 0 Å². The van der Waals surface area contributed by atoms with Crippen molar-refractivity contribution in [2.24, 2.45) is 4.99 Å². The van der Waals surface area contributed by atoms with Crippen LogP contribution < -0.4 is 15.5 Å². The first kappa shape index (κ1) is 21.5. The minimum atomic E-state index is 0. The topological polar surface area (TPSA) is 70.4 Å². The average molecular weight is 483 g/mol. The highest BCUT2D eigenvalue weighted by Gasteiger charge is 2.14. The molecule has 1 aromatic heterocycles. The van der Waals surface area contributed by atoms with Gasteiger partial charge in [-0.3, -0.25) is 4.99 Å². The fourth-order valence-corrected chi connectivity index (χ4v) is 3.29. The first-order valence-corrected chi connectivity index (χ1v) is 9.40. The van der Waals surface area contributed by atoms with Crippen LogP contribution in [0.15, 0.2) is 35.6 Å². The van der Waals surface area contributed by atoms with Crippen molar-refractivity contribution in [3.8, 4) is 0 Å². The first-order chi connectivity index (χ1) is 12.7. The number of rotatable bonds is 6. The number of hydrogen-bond donors (Lipinski definition) is 2.